The largest absolute Gasteiger partial charge is 0.393 e. The Bertz CT molecular complexity index is 628. The molecule has 0 aliphatic carbocycles. The molecule has 0 saturated carbocycles. The van der Waals surface area contributed by atoms with Gasteiger partial charge in [0.2, 0.25) is 0 Å². The monoisotopic (exact) mass is 736 g/mol. The molecule has 0 fully saturated rings. The summed E-state index contributed by atoms with van der Waals surface area (Å²) in [7, 11) is 1.71. The molecule has 0 aromatic heterocycles. The van der Waals surface area contributed by atoms with E-state index in [2.05, 4.69) is 25.9 Å². The number of methoxy groups -OCH3 is 1. The Kier molecular flexibility index (Phi) is 46.0. The molecule has 0 aliphatic rings. The molecule has 0 unspecified atom stereocenters. The van der Waals surface area contributed by atoms with Crippen molar-refractivity contribution < 1.29 is 14.3 Å². The molecule has 0 aromatic rings. The zero-order chi connectivity index (χ0) is 37.7. The molecule has 4 heteroatoms. The molecular weight excluding hydrogens is 639 g/mol. The van der Waals surface area contributed by atoms with Crippen LogP contribution in [0.1, 0.15) is 271 Å². The number of nitrogens with zero attached hydrogens (tertiary/aromatic N) is 1. The lowest BCUT2D eigenvalue weighted by atomic mass is 10.0. The summed E-state index contributed by atoms with van der Waals surface area (Å²) in [6.45, 7) is 8.66. The summed E-state index contributed by atoms with van der Waals surface area (Å²) in [5, 5.41) is 4.54. The first-order chi connectivity index (χ1) is 25.7. The van der Waals surface area contributed by atoms with Crippen molar-refractivity contribution in [1.29, 1.82) is 0 Å². The van der Waals surface area contributed by atoms with E-state index in [0.717, 1.165) is 25.0 Å². The van der Waals surface area contributed by atoms with E-state index in [1.807, 2.05) is 0 Å². The van der Waals surface area contributed by atoms with Gasteiger partial charge in [-0.1, -0.05) is 237 Å². The van der Waals surface area contributed by atoms with Gasteiger partial charge in [0.1, 0.15) is 6.10 Å². The molecule has 0 rings (SSSR count). The Hall–Kier alpha value is -0.610. The van der Waals surface area contributed by atoms with E-state index in [9.17, 15) is 0 Å². The number of ether oxygens (including phenoxy) is 2. The second kappa shape index (κ2) is 46.5. The lowest BCUT2D eigenvalue weighted by Gasteiger charge is -2.16. The molecule has 312 valence electrons. The number of hydrogen-bond donors (Lipinski definition) is 0. The normalized spacial score (nSPS) is 12.1. The maximum Gasteiger partial charge on any atom is 0.127 e. The maximum absolute atomic E-state index is 6.16. The fourth-order valence-electron chi connectivity index (χ4n) is 7.47. The minimum Gasteiger partial charge on any atom is -0.393 e. The average molecular weight is 736 g/mol. The van der Waals surface area contributed by atoms with Crippen LogP contribution in [0.25, 0.3) is 0 Å². The zero-order valence-corrected chi connectivity index (χ0v) is 36.4. The van der Waals surface area contributed by atoms with Crippen molar-refractivity contribution in [2.24, 2.45) is 5.16 Å². The van der Waals surface area contributed by atoms with Crippen LogP contribution in [0.3, 0.4) is 0 Å². The lowest BCUT2D eigenvalue weighted by molar-refractivity contribution is 0.0413. The van der Waals surface area contributed by atoms with Crippen LogP contribution in [0, 0.1) is 0 Å². The van der Waals surface area contributed by atoms with Crippen LogP contribution < -0.4 is 0 Å². The van der Waals surface area contributed by atoms with Crippen molar-refractivity contribution in [1.82, 2.24) is 0 Å². The predicted octanol–water partition coefficient (Wildman–Crippen LogP) is 16.7. The maximum atomic E-state index is 6.16. The van der Waals surface area contributed by atoms with Gasteiger partial charge in [-0.05, 0) is 32.6 Å². The Morgan fingerprint density at radius 2 is 0.673 bits per heavy atom. The predicted molar refractivity (Wildman–Crippen MR) is 232 cm³/mol. The van der Waals surface area contributed by atoms with Gasteiger partial charge in [-0.3, -0.25) is 0 Å². The van der Waals surface area contributed by atoms with Crippen molar-refractivity contribution in [2.45, 2.75) is 277 Å². The molecular formula is C48H97NO3. The lowest BCUT2D eigenvalue weighted by Crippen LogP contribution is -2.12. The van der Waals surface area contributed by atoms with E-state index >= 15 is 0 Å². The van der Waals surface area contributed by atoms with Crippen LogP contribution in [-0.2, 0) is 14.3 Å². The first-order valence-corrected chi connectivity index (χ1v) is 24.0. The highest BCUT2D eigenvalue weighted by Gasteiger charge is 2.10. The van der Waals surface area contributed by atoms with Crippen molar-refractivity contribution in [3.8, 4) is 0 Å². The smallest absolute Gasteiger partial charge is 0.127 e. The highest BCUT2D eigenvalue weighted by Crippen LogP contribution is 2.19. The Labute approximate surface area is 328 Å². The van der Waals surface area contributed by atoms with Crippen LogP contribution in [-0.4, -0.2) is 38.7 Å². The fourth-order valence-corrected chi connectivity index (χ4v) is 7.47. The van der Waals surface area contributed by atoms with E-state index in [-0.39, 0.29) is 6.10 Å². The minimum absolute atomic E-state index is 0.270. The van der Waals surface area contributed by atoms with Gasteiger partial charge in [-0.2, -0.15) is 0 Å². The summed E-state index contributed by atoms with van der Waals surface area (Å²) in [4.78, 5) is 6.16. The van der Waals surface area contributed by atoms with E-state index < -0.39 is 0 Å². The van der Waals surface area contributed by atoms with Crippen molar-refractivity contribution >= 4 is 5.71 Å². The standard InChI is InChI=1S/C48H97NO3/c1-5-7-9-11-13-15-17-19-21-23-25-27-29-31-33-35-37-39-41-48(52-49-47(3)43-44-51-46-45-50-4)42-40-38-36-34-32-30-28-26-24-22-20-18-16-14-12-10-8-6-2/h48H,5-46H2,1-4H3/b49-47+. The highest BCUT2D eigenvalue weighted by atomic mass is 16.6. The molecule has 0 amide bonds. The van der Waals surface area contributed by atoms with Gasteiger partial charge < -0.3 is 14.3 Å². The fraction of sp³-hybridized carbons (Fsp3) is 0.979. The average Bonchev–Trinajstić information content (AvgIpc) is 3.15. The molecule has 0 saturated heterocycles. The summed E-state index contributed by atoms with van der Waals surface area (Å²) in [6, 6.07) is 0. The van der Waals surface area contributed by atoms with Crippen molar-refractivity contribution in [2.75, 3.05) is 26.9 Å². The quantitative estimate of drug-likeness (QED) is 0.0355. The van der Waals surface area contributed by atoms with Gasteiger partial charge in [0.05, 0.1) is 25.5 Å². The van der Waals surface area contributed by atoms with Crippen LogP contribution in [0.2, 0.25) is 0 Å². The zero-order valence-electron chi connectivity index (χ0n) is 36.4. The Morgan fingerprint density at radius 1 is 0.385 bits per heavy atom. The Morgan fingerprint density at radius 3 is 0.962 bits per heavy atom. The summed E-state index contributed by atoms with van der Waals surface area (Å²) in [5.74, 6) is 0. The molecule has 4 nitrogen and oxygen atoms in total. The molecule has 0 spiro atoms. The van der Waals surface area contributed by atoms with Crippen LogP contribution in [0.15, 0.2) is 5.16 Å². The van der Waals surface area contributed by atoms with Crippen LogP contribution >= 0.6 is 0 Å². The van der Waals surface area contributed by atoms with Gasteiger partial charge in [0.25, 0.3) is 0 Å². The molecule has 52 heavy (non-hydrogen) atoms. The molecule has 0 aromatic carbocycles. The second-order valence-electron chi connectivity index (χ2n) is 16.5. The number of rotatable bonds is 46. The third kappa shape index (κ3) is 43.8. The third-order valence-electron chi connectivity index (χ3n) is 11.2. The molecule has 0 heterocycles. The third-order valence-corrected chi connectivity index (χ3v) is 11.2. The minimum atomic E-state index is 0.270. The summed E-state index contributed by atoms with van der Waals surface area (Å²) in [5.41, 5.74) is 1.04. The SMILES string of the molecule is CCCCCCCCCCCCCCCCCCCCC(CCCCCCCCCCCCCCCCCCCC)O/N=C(\C)CCOCCOC. The van der Waals surface area contributed by atoms with E-state index in [0.29, 0.717) is 19.8 Å². The molecule has 0 radical (unpaired) electrons. The first kappa shape index (κ1) is 51.4. The number of unbranched alkanes of at least 4 members (excludes halogenated alkanes) is 34. The second-order valence-corrected chi connectivity index (χ2v) is 16.5. The Balaban J connectivity index is 3.93. The topological polar surface area (TPSA) is 40.0 Å². The van der Waals surface area contributed by atoms with Gasteiger partial charge in [0, 0.05) is 13.5 Å². The van der Waals surface area contributed by atoms with Crippen LogP contribution in [0.4, 0.5) is 0 Å². The molecule has 0 atom stereocenters. The number of hydrogen-bond acceptors (Lipinski definition) is 4. The molecule has 0 aliphatic heterocycles. The molecule has 0 bridgehead atoms. The highest BCUT2D eigenvalue weighted by molar-refractivity contribution is 5.81. The van der Waals surface area contributed by atoms with Gasteiger partial charge in [-0.15, -0.1) is 0 Å². The van der Waals surface area contributed by atoms with Crippen molar-refractivity contribution in [3.05, 3.63) is 0 Å². The molecule has 0 N–H and O–H groups in total. The summed E-state index contributed by atoms with van der Waals surface area (Å²) in [6.07, 6.45) is 54.7. The number of oxime groups is 1. The van der Waals surface area contributed by atoms with E-state index in [1.54, 1.807) is 7.11 Å². The summed E-state index contributed by atoms with van der Waals surface area (Å²) >= 11 is 0. The van der Waals surface area contributed by atoms with Gasteiger partial charge >= 0.3 is 0 Å². The van der Waals surface area contributed by atoms with E-state index in [4.69, 9.17) is 14.3 Å². The van der Waals surface area contributed by atoms with E-state index in [1.165, 1.54) is 231 Å². The first-order valence-electron chi connectivity index (χ1n) is 24.0. The van der Waals surface area contributed by atoms with Crippen molar-refractivity contribution in [3.63, 3.8) is 0 Å². The summed E-state index contributed by atoms with van der Waals surface area (Å²) < 4.78 is 10.7. The van der Waals surface area contributed by atoms with Gasteiger partial charge in [0.15, 0.2) is 0 Å². The van der Waals surface area contributed by atoms with Gasteiger partial charge in [-0.25, -0.2) is 0 Å². The van der Waals surface area contributed by atoms with Crippen LogP contribution in [0.5, 0.6) is 0 Å².